The molecule has 0 radical (unpaired) electrons. The Kier molecular flexibility index (Phi) is 7.21. The SMILES string of the molecule is COC(=O)[C@H]1CC[C@H](NCc2cc(-c3nnn(C)n3)ccc2OC(C)C)[C@@H]1c1ccc(F)cc1. The number of hydrogen-bond acceptors (Lipinski definition) is 7. The minimum absolute atomic E-state index is 0.0137. The van der Waals surface area contributed by atoms with E-state index in [2.05, 4.69) is 20.7 Å². The molecule has 9 heteroatoms. The molecule has 8 nitrogen and oxygen atoms in total. The van der Waals surface area contributed by atoms with Gasteiger partial charge in [0, 0.05) is 29.6 Å². The molecular weight excluding hydrogens is 437 g/mol. The number of methoxy groups -OCH3 is 1. The molecule has 180 valence electrons. The number of ether oxygens (including phenoxy) is 2. The van der Waals surface area contributed by atoms with Crippen LogP contribution in [0, 0.1) is 11.7 Å². The molecule has 3 aromatic rings. The van der Waals surface area contributed by atoms with Crippen LogP contribution in [0.4, 0.5) is 4.39 Å². The van der Waals surface area contributed by atoms with Crippen molar-refractivity contribution in [3.8, 4) is 17.1 Å². The molecule has 0 spiro atoms. The maximum Gasteiger partial charge on any atom is 0.309 e. The van der Waals surface area contributed by atoms with Crippen LogP contribution in [0.5, 0.6) is 5.75 Å². The molecule has 0 unspecified atom stereocenters. The van der Waals surface area contributed by atoms with Gasteiger partial charge in [0.15, 0.2) is 0 Å². The van der Waals surface area contributed by atoms with E-state index in [1.165, 1.54) is 24.0 Å². The number of nitrogens with one attached hydrogen (secondary N) is 1. The molecule has 3 atom stereocenters. The third-order valence-electron chi connectivity index (χ3n) is 6.16. The summed E-state index contributed by atoms with van der Waals surface area (Å²) in [5.41, 5.74) is 2.72. The van der Waals surface area contributed by atoms with Crippen molar-refractivity contribution >= 4 is 5.97 Å². The highest BCUT2D eigenvalue weighted by Gasteiger charge is 2.41. The minimum Gasteiger partial charge on any atom is -0.491 e. The Morgan fingerprint density at radius 1 is 1.21 bits per heavy atom. The maximum absolute atomic E-state index is 13.6. The predicted octanol–water partition coefficient (Wildman–Crippen LogP) is 3.63. The molecule has 34 heavy (non-hydrogen) atoms. The van der Waals surface area contributed by atoms with Gasteiger partial charge in [-0.05, 0) is 67.8 Å². The van der Waals surface area contributed by atoms with Gasteiger partial charge >= 0.3 is 5.97 Å². The fourth-order valence-electron chi connectivity index (χ4n) is 4.66. The monoisotopic (exact) mass is 467 g/mol. The van der Waals surface area contributed by atoms with Crippen molar-refractivity contribution in [3.05, 3.63) is 59.4 Å². The van der Waals surface area contributed by atoms with Gasteiger partial charge in [-0.3, -0.25) is 4.79 Å². The van der Waals surface area contributed by atoms with Gasteiger partial charge < -0.3 is 14.8 Å². The number of aromatic nitrogens is 4. The quantitative estimate of drug-likeness (QED) is 0.506. The van der Waals surface area contributed by atoms with E-state index in [9.17, 15) is 9.18 Å². The first-order chi connectivity index (χ1) is 16.4. The van der Waals surface area contributed by atoms with Gasteiger partial charge in [0.25, 0.3) is 0 Å². The van der Waals surface area contributed by atoms with Crippen LogP contribution in [-0.4, -0.2) is 45.4 Å². The first-order valence-electron chi connectivity index (χ1n) is 11.5. The molecule has 1 saturated carbocycles. The average molecular weight is 468 g/mol. The largest absolute Gasteiger partial charge is 0.491 e. The maximum atomic E-state index is 13.6. The first-order valence-corrected chi connectivity index (χ1v) is 11.5. The van der Waals surface area contributed by atoms with E-state index < -0.39 is 0 Å². The molecule has 0 aliphatic heterocycles. The van der Waals surface area contributed by atoms with Crippen LogP contribution in [0.25, 0.3) is 11.4 Å². The van der Waals surface area contributed by atoms with Gasteiger partial charge in [-0.1, -0.05) is 12.1 Å². The molecule has 4 rings (SSSR count). The van der Waals surface area contributed by atoms with Gasteiger partial charge in [0.2, 0.25) is 5.82 Å². The van der Waals surface area contributed by atoms with Crippen LogP contribution in [0.15, 0.2) is 42.5 Å². The van der Waals surface area contributed by atoms with Crippen LogP contribution < -0.4 is 10.1 Å². The number of halogens is 1. The van der Waals surface area contributed by atoms with Crippen molar-refractivity contribution in [2.24, 2.45) is 13.0 Å². The standard InChI is InChI=1S/C25H30FN5O3/c1-15(2)34-22-12-7-17(24-28-30-31(3)29-24)13-18(22)14-27-21-11-10-20(25(32)33-4)23(21)16-5-8-19(26)9-6-16/h5-9,12-13,15,20-21,23,27H,10-11,14H2,1-4H3/t20-,21-,23+/m0/s1. The third-order valence-corrected chi connectivity index (χ3v) is 6.16. The zero-order valence-electron chi connectivity index (χ0n) is 19.9. The Labute approximate surface area is 198 Å². The smallest absolute Gasteiger partial charge is 0.309 e. The summed E-state index contributed by atoms with van der Waals surface area (Å²) in [6.45, 7) is 4.49. The van der Waals surface area contributed by atoms with Crippen molar-refractivity contribution in [1.82, 2.24) is 25.5 Å². The van der Waals surface area contributed by atoms with Crippen LogP contribution in [0.2, 0.25) is 0 Å². The van der Waals surface area contributed by atoms with Crippen molar-refractivity contribution in [1.29, 1.82) is 0 Å². The number of nitrogens with zero attached hydrogens (tertiary/aromatic N) is 4. The summed E-state index contributed by atoms with van der Waals surface area (Å²) < 4.78 is 24.7. The van der Waals surface area contributed by atoms with E-state index >= 15 is 0 Å². The third kappa shape index (κ3) is 5.25. The molecule has 1 aliphatic carbocycles. The molecule has 1 aromatic heterocycles. The second kappa shape index (κ2) is 10.3. The lowest BCUT2D eigenvalue weighted by atomic mass is 9.86. The van der Waals surface area contributed by atoms with E-state index in [1.807, 2.05) is 32.0 Å². The Hall–Kier alpha value is -3.33. The number of tetrazole rings is 1. The Morgan fingerprint density at radius 3 is 2.62 bits per heavy atom. The summed E-state index contributed by atoms with van der Waals surface area (Å²) in [5.74, 6) is 0.373. The van der Waals surface area contributed by atoms with E-state index in [0.29, 0.717) is 18.8 Å². The minimum atomic E-state index is -0.300. The summed E-state index contributed by atoms with van der Waals surface area (Å²) >= 11 is 0. The van der Waals surface area contributed by atoms with E-state index in [4.69, 9.17) is 9.47 Å². The molecule has 1 fully saturated rings. The lowest BCUT2D eigenvalue weighted by Crippen LogP contribution is -2.34. The normalized spacial score (nSPS) is 20.0. The molecule has 0 amide bonds. The van der Waals surface area contributed by atoms with E-state index in [1.54, 1.807) is 19.2 Å². The van der Waals surface area contributed by atoms with Crippen molar-refractivity contribution in [3.63, 3.8) is 0 Å². The van der Waals surface area contributed by atoms with Gasteiger partial charge in [0.1, 0.15) is 11.6 Å². The van der Waals surface area contributed by atoms with E-state index in [-0.39, 0.29) is 35.8 Å². The number of rotatable bonds is 8. The highest BCUT2D eigenvalue weighted by molar-refractivity contribution is 5.74. The zero-order chi connectivity index (χ0) is 24.2. The van der Waals surface area contributed by atoms with Crippen LogP contribution in [0.1, 0.15) is 43.7 Å². The molecule has 2 aromatic carbocycles. The first kappa shape index (κ1) is 23.8. The molecule has 1 aliphatic rings. The molecule has 0 saturated heterocycles. The summed E-state index contributed by atoms with van der Waals surface area (Å²) in [4.78, 5) is 13.9. The molecule has 0 bridgehead atoms. The second-order valence-corrected chi connectivity index (χ2v) is 8.86. The number of hydrogen-bond donors (Lipinski definition) is 1. The lowest BCUT2D eigenvalue weighted by molar-refractivity contribution is -0.145. The van der Waals surface area contributed by atoms with Crippen LogP contribution in [-0.2, 0) is 23.1 Å². The highest BCUT2D eigenvalue weighted by atomic mass is 19.1. The second-order valence-electron chi connectivity index (χ2n) is 8.86. The van der Waals surface area contributed by atoms with Gasteiger partial charge in [-0.2, -0.15) is 4.80 Å². The van der Waals surface area contributed by atoms with Gasteiger partial charge in [0.05, 0.1) is 26.2 Å². The molecule has 1 heterocycles. The van der Waals surface area contributed by atoms with E-state index in [0.717, 1.165) is 28.9 Å². The Morgan fingerprint density at radius 2 is 1.97 bits per heavy atom. The summed E-state index contributed by atoms with van der Waals surface area (Å²) in [7, 11) is 3.13. The van der Waals surface area contributed by atoms with Gasteiger partial charge in [-0.15, -0.1) is 10.2 Å². The number of benzene rings is 2. The number of carbonyl (C=O) groups is 1. The zero-order valence-corrected chi connectivity index (χ0v) is 19.9. The number of aryl methyl sites for hydroxylation is 1. The average Bonchev–Trinajstić information content (AvgIpc) is 3.44. The molecule has 1 N–H and O–H groups in total. The lowest BCUT2D eigenvalue weighted by Gasteiger charge is -2.26. The van der Waals surface area contributed by atoms with Crippen molar-refractivity contribution in [2.75, 3.05) is 7.11 Å². The summed E-state index contributed by atoms with van der Waals surface area (Å²) in [6, 6.07) is 12.2. The number of carbonyl (C=O) groups excluding carboxylic acids is 1. The topological polar surface area (TPSA) is 91.2 Å². The number of esters is 1. The van der Waals surface area contributed by atoms with Crippen LogP contribution >= 0.6 is 0 Å². The summed E-state index contributed by atoms with van der Waals surface area (Å²) in [5, 5.41) is 16.0. The predicted molar refractivity (Wildman–Crippen MR) is 125 cm³/mol. The van der Waals surface area contributed by atoms with Crippen LogP contribution in [0.3, 0.4) is 0 Å². The summed E-state index contributed by atoms with van der Waals surface area (Å²) in [6.07, 6.45) is 1.51. The fraction of sp³-hybridized carbons (Fsp3) is 0.440. The van der Waals surface area contributed by atoms with Crippen molar-refractivity contribution in [2.45, 2.75) is 51.3 Å². The Bertz CT molecular complexity index is 1130. The highest BCUT2D eigenvalue weighted by Crippen LogP contribution is 2.41. The Balaban J connectivity index is 1.60. The molecular formula is C25H30FN5O3. The fourth-order valence-corrected chi connectivity index (χ4v) is 4.66. The van der Waals surface area contributed by atoms with Crippen molar-refractivity contribution < 1.29 is 18.7 Å². The van der Waals surface area contributed by atoms with Gasteiger partial charge in [-0.25, -0.2) is 4.39 Å².